The highest BCUT2D eigenvalue weighted by atomic mass is 16.6. The third kappa shape index (κ3) is 7.82. The second-order valence-corrected chi connectivity index (χ2v) is 7.15. The van der Waals surface area contributed by atoms with Crippen molar-refractivity contribution in [1.29, 1.82) is 0 Å². The molecule has 0 aromatic heterocycles. The van der Waals surface area contributed by atoms with Gasteiger partial charge in [-0.3, -0.25) is 0 Å². The molecule has 2 rings (SSSR count). The van der Waals surface area contributed by atoms with Crippen molar-refractivity contribution in [3.05, 3.63) is 65.2 Å². The van der Waals surface area contributed by atoms with Crippen molar-refractivity contribution >= 4 is 5.71 Å². The number of rotatable bonds is 12. The molecule has 2 aromatic rings. The van der Waals surface area contributed by atoms with E-state index in [0.717, 1.165) is 52.5 Å². The van der Waals surface area contributed by atoms with Crippen LogP contribution in [0.15, 0.2) is 53.7 Å². The van der Waals surface area contributed by atoms with Gasteiger partial charge in [-0.1, -0.05) is 29.4 Å². The molecule has 0 saturated heterocycles. The summed E-state index contributed by atoms with van der Waals surface area (Å²) in [5.74, 6) is 2.64. The van der Waals surface area contributed by atoms with Crippen LogP contribution >= 0.6 is 0 Å². The summed E-state index contributed by atoms with van der Waals surface area (Å²) in [5.41, 5.74) is 4.22. The maximum Gasteiger partial charge on any atom is 0.125 e. The Morgan fingerprint density at radius 1 is 0.967 bits per heavy atom. The summed E-state index contributed by atoms with van der Waals surface area (Å²) < 4.78 is 17.6. The van der Waals surface area contributed by atoms with Gasteiger partial charge in [-0.25, -0.2) is 0 Å². The first kappa shape index (κ1) is 23.3. The second-order valence-electron chi connectivity index (χ2n) is 7.15. The largest absolute Gasteiger partial charge is 0.493 e. The van der Waals surface area contributed by atoms with E-state index in [1.165, 1.54) is 0 Å². The number of oxime groups is 1. The van der Waals surface area contributed by atoms with E-state index in [1.54, 1.807) is 7.11 Å². The molecule has 0 N–H and O–H groups in total. The number of allylic oxidation sites excluding steroid dienone is 1. The van der Waals surface area contributed by atoms with Gasteiger partial charge in [0.2, 0.25) is 0 Å². The van der Waals surface area contributed by atoms with Gasteiger partial charge >= 0.3 is 0 Å². The van der Waals surface area contributed by atoms with Crippen LogP contribution in [-0.4, -0.2) is 32.6 Å². The van der Waals surface area contributed by atoms with Crippen LogP contribution < -0.4 is 14.2 Å². The molecule has 0 aliphatic carbocycles. The molecule has 0 amide bonds. The van der Waals surface area contributed by atoms with E-state index in [4.69, 9.17) is 19.0 Å². The van der Waals surface area contributed by atoms with Crippen LogP contribution in [0, 0.1) is 13.8 Å². The molecule has 0 bridgehead atoms. The number of ether oxygens (including phenoxy) is 3. The number of hydrogen-bond donors (Lipinski definition) is 0. The molecule has 0 fully saturated rings. The number of nitrogens with zero attached hydrogens (tertiary/aromatic N) is 1. The fourth-order valence-corrected chi connectivity index (χ4v) is 3.11. The molecule has 0 atom stereocenters. The van der Waals surface area contributed by atoms with Gasteiger partial charge in [0.05, 0.1) is 18.9 Å². The minimum Gasteiger partial charge on any atom is -0.493 e. The predicted molar refractivity (Wildman–Crippen MR) is 122 cm³/mol. The average molecular weight is 412 g/mol. The summed E-state index contributed by atoms with van der Waals surface area (Å²) in [5, 5.41) is 3.95. The molecule has 0 aliphatic heterocycles. The summed E-state index contributed by atoms with van der Waals surface area (Å²) in [7, 11) is 1.56. The van der Waals surface area contributed by atoms with Crippen LogP contribution in [-0.2, 0) is 11.3 Å². The van der Waals surface area contributed by atoms with Gasteiger partial charge < -0.3 is 19.0 Å². The minimum atomic E-state index is 0.576. The second kappa shape index (κ2) is 12.6. The van der Waals surface area contributed by atoms with Gasteiger partial charge in [-0.05, 0) is 68.7 Å². The van der Waals surface area contributed by atoms with Gasteiger partial charge in [0.25, 0.3) is 0 Å². The third-order valence-corrected chi connectivity index (χ3v) is 4.43. The first-order chi connectivity index (χ1) is 14.5. The van der Waals surface area contributed by atoms with E-state index in [1.807, 2.05) is 70.2 Å². The van der Waals surface area contributed by atoms with E-state index in [2.05, 4.69) is 11.2 Å². The predicted octanol–water partition coefficient (Wildman–Crippen LogP) is 5.67. The van der Waals surface area contributed by atoms with Crippen molar-refractivity contribution in [1.82, 2.24) is 0 Å². The smallest absolute Gasteiger partial charge is 0.125 e. The van der Waals surface area contributed by atoms with Crippen LogP contribution in [0.1, 0.15) is 37.0 Å². The standard InChI is InChI=1S/C25H33NO4/c1-6-7-12-29-24-15-19(2)25(20(3)16-24)30-14-9-13-28-23-11-8-10-22(18-23)17-21(4)26-27-5/h6-8,10-11,15-16,18H,9,12-14,17H2,1-5H3/b7-6+,26-21+. The quantitative estimate of drug-likeness (QED) is 0.195. The third-order valence-electron chi connectivity index (χ3n) is 4.43. The topological polar surface area (TPSA) is 49.3 Å². The molecular formula is C25H33NO4. The minimum absolute atomic E-state index is 0.576. The van der Waals surface area contributed by atoms with Crippen molar-refractivity contribution < 1.29 is 19.0 Å². The Labute approximate surface area is 180 Å². The van der Waals surface area contributed by atoms with Crippen molar-refractivity contribution in [2.24, 2.45) is 5.16 Å². The molecule has 2 aromatic carbocycles. The van der Waals surface area contributed by atoms with Gasteiger partial charge in [-0.2, -0.15) is 0 Å². The van der Waals surface area contributed by atoms with E-state index in [-0.39, 0.29) is 0 Å². The van der Waals surface area contributed by atoms with Crippen molar-refractivity contribution in [3.8, 4) is 17.2 Å². The van der Waals surface area contributed by atoms with Gasteiger partial charge in [-0.15, -0.1) is 0 Å². The lowest BCUT2D eigenvalue weighted by Crippen LogP contribution is -2.07. The zero-order chi connectivity index (χ0) is 21.8. The van der Waals surface area contributed by atoms with Crippen LogP contribution in [0.2, 0.25) is 0 Å². The lowest BCUT2D eigenvalue weighted by molar-refractivity contribution is 0.212. The molecule has 0 unspecified atom stereocenters. The molecule has 0 spiro atoms. The normalized spacial score (nSPS) is 11.6. The first-order valence-corrected chi connectivity index (χ1v) is 10.3. The zero-order valence-corrected chi connectivity index (χ0v) is 18.7. The molecule has 30 heavy (non-hydrogen) atoms. The molecule has 0 aliphatic rings. The molecule has 0 radical (unpaired) electrons. The molecule has 5 heteroatoms. The Bertz CT molecular complexity index is 835. The highest BCUT2D eigenvalue weighted by Gasteiger charge is 2.07. The summed E-state index contributed by atoms with van der Waals surface area (Å²) in [6.45, 7) is 9.78. The Morgan fingerprint density at radius 3 is 2.40 bits per heavy atom. The van der Waals surface area contributed by atoms with Crippen LogP contribution in [0.5, 0.6) is 17.2 Å². The molecular weight excluding hydrogens is 378 g/mol. The molecule has 5 nitrogen and oxygen atoms in total. The fraction of sp³-hybridized carbons (Fsp3) is 0.400. The summed E-state index contributed by atoms with van der Waals surface area (Å²) in [6.07, 6.45) is 5.50. The Balaban J connectivity index is 1.79. The maximum atomic E-state index is 6.01. The van der Waals surface area contributed by atoms with Gasteiger partial charge in [0.1, 0.15) is 31.0 Å². The lowest BCUT2D eigenvalue weighted by Gasteiger charge is -2.14. The SMILES string of the molecule is C/C=C/COc1cc(C)c(OCCCOc2cccc(C/C(C)=N/OC)c2)c(C)c1. The Hall–Kier alpha value is -2.95. The van der Waals surface area contributed by atoms with Gasteiger partial charge in [0, 0.05) is 12.8 Å². The fourth-order valence-electron chi connectivity index (χ4n) is 3.11. The van der Waals surface area contributed by atoms with Crippen molar-refractivity contribution in [3.63, 3.8) is 0 Å². The summed E-state index contributed by atoms with van der Waals surface area (Å²) in [6, 6.07) is 12.1. The van der Waals surface area contributed by atoms with Crippen LogP contribution in [0.4, 0.5) is 0 Å². The van der Waals surface area contributed by atoms with Crippen LogP contribution in [0.3, 0.4) is 0 Å². The maximum absolute atomic E-state index is 6.01. The highest BCUT2D eigenvalue weighted by Crippen LogP contribution is 2.28. The summed E-state index contributed by atoms with van der Waals surface area (Å²) >= 11 is 0. The number of hydrogen-bond acceptors (Lipinski definition) is 5. The average Bonchev–Trinajstić information content (AvgIpc) is 2.70. The molecule has 0 heterocycles. The summed E-state index contributed by atoms with van der Waals surface area (Å²) in [4.78, 5) is 4.81. The van der Waals surface area contributed by atoms with E-state index < -0.39 is 0 Å². The number of aryl methyl sites for hydroxylation is 2. The van der Waals surface area contributed by atoms with E-state index in [0.29, 0.717) is 19.8 Å². The zero-order valence-electron chi connectivity index (χ0n) is 18.7. The Kier molecular flexibility index (Phi) is 9.78. The highest BCUT2D eigenvalue weighted by molar-refractivity contribution is 5.83. The monoisotopic (exact) mass is 411 g/mol. The molecule has 0 saturated carbocycles. The van der Waals surface area contributed by atoms with E-state index in [9.17, 15) is 0 Å². The lowest BCUT2D eigenvalue weighted by atomic mass is 10.1. The van der Waals surface area contributed by atoms with Gasteiger partial charge in [0.15, 0.2) is 0 Å². The van der Waals surface area contributed by atoms with E-state index >= 15 is 0 Å². The number of benzene rings is 2. The first-order valence-electron chi connectivity index (χ1n) is 10.3. The van der Waals surface area contributed by atoms with Crippen molar-refractivity contribution in [2.45, 2.75) is 40.5 Å². The van der Waals surface area contributed by atoms with Crippen LogP contribution in [0.25, 0.3) is 0 Å². The Morgan fingerprint density at radius 2 is 1.70 bits per heavy atom. The molecule has 162 valence electrons. The van der Waals surface area contributed by atoms with Crippen molar-refractivity contribution in [2.75, 3.05) is 26.9 Å².